The first-order valence-electron chi connectivity index (χ1n) is 12.2. The van der Waals surface area contributed by atoms with E-state index in [9.17, 15) is 30.0 Å². The van der Waals surface area contributed by atoms with E-state index in [1.807, 2.05) is 30.3 Å². The average molecular weight is 520 g/mol. The maximum atomic E-state index is 13.5. The van der Waals surface area contributed by atoms with Crippen LogP contribution >= 0.6 is 0 Å². The summed E-state index contributed by atoms with van der Waals surface area (Å²) in [4.78, 5) is 27.7. The number of ether oxygens (including phenoxy) is 4. The van der Waals surface area contributed by atoms with E-state index in [0.29, 0.717) is 18.4 Å². The van der Waals surface area contributed by atoms with Gasteiger partial charge in [0.2, 0.25) is 6.29 Å². The van der Waals surface area contributed by atoms with Crippen LogP contribution in [-0.4, -0.2) is 101 Å². The highest BCUT2D eigenvalue weighted by Crippen LogP contribution is 2.40. The summed E-state index contributed by atoms with van der Waals surface area (Å²) in [6, 6.07) is 8.54. The first-order chi connectivity index (χ1) is 17.8. The van der Waals surface area contributed by atoms with E-state index in [4.69, 9.17) is 18.9 Å². The lowest BCUT2D eigenvalue weighted by Gasteiger charge is -2.45. The summed E-state index contributed by atoms with van der Waals surface area (Å²) in [7, 11) is 1.29. The summed E-state index contributed by atoms with van der Waals surface area (Å²) in [6.07, 6.45) is -4.63. The molecule has 9 atom stereocenters. The number of hydrogen-bond donors (Lipinski definition) is 4. The van der Waals surface area contributed by atoms with Gasteiger partial charge in [-0.15, -0.1) is 6.58 Å². The third-order valence-electron chi connectivity index (χ3n) is 7.21. The smallest absolute Gasteiger partial charge is 0.328 e. The maximum Gasteiger partial charge on any atom is 0.328 e. The van der Waals surface area contributed by atoms with Crippen LogP contribution in [0.4, 0.5) is 0 Å². The van der Waals surface area contributed by atoms with Gasteiger partial charge in [0.1, 0.15) is 30.5 Å². The van der Waals surface area contributed by atoms with Gasteiger partial charge in [-0.2, -0.15) is 0 Å². The number of benzene rings is 1. The molecule has 3 aliphatic heterocycles. The lowest BCUT2D eigenvalue weighted by molar-refractivity contribution is -0.339. The zero-order valence-corrected chi connectivity index (χ0v) is 20.5. The number of hydrogen-bond acceptors (Lipinski definition) is 10. The van der Waals surface area contributed by atoms with E-state index in [1.54, 1.807) is 6.08 Å². The van der Waals surface area contributed by atoms with Crippen molar-refractivity contribution in [3.8, 4) is 0 Å². The summed E-state index contributed by atoms with van der Waals surface area (Å²) in [6.45, 7) is 3.54. The van der Waals surface area contributed by atoms with Crippen LogP contribution in [0.2, 0.25) is 0 Å². The predicted molar refractivity (Wildman–Crippen MR) is 127 cm³/mol. The zero-order valence-electron chi connectivity index (χ0n) is 20.5. The highest BCUT2D eigenvalue weighted by Gasteiger charge is 2.49. The lowest BCUT2D eigenvalue weighted by atomic mass is 9.78. The Kier molecular flexibility index (Phi) is 8.63. The van der Waals surface area contributed by atoms with Crippen molar-refractivity contribution in [3.63, 3.8) is 0 Å². The van der Waals surface area contributed by atoms with Crippen LogP contribution in [0.25, 0.3) is 0 Å². The predicted octanol–water partition coefficient (Wildman–Crippen LogP) is -0.522. The lowest BCUT2D eigenvalue weighted by Crippen LogP contribution is -2.60. The van der Waals surface area contributed by atoms with E-state index in [-0.39, 0.29) is 18.4 Å². The maximum absolute atomic E-state index is 13.5. The number of carbonyl (C=O) groups excluding carboxylic acids is 2. The molecule has 0 unspecified atom stereocenters. The third kappa shape index (κ3) is 5.42. The number of nitrogens with zero attached hydrogens (tertiary/aromatic N) is 1. The zero-order chi connectivity index (χ0) is 26.7. The molecule has 3 heterocycles. The van der Waals surface area contributed by atoms with Gasteiger partial charge in [0, 0.05) is 24.8 Å². The van der Waals surface area contributed by atoms with Gasteiger partial charge in [-0.3, -0.25) is 4.79 Å². The van der Waals surface area contributed by atoms with E-state index >= 15 is 0 Å². The van der Waals surface area contributed by atoms with Gasteiger partial charge in [0.25, 0.3) is 5.91 Å². The van der Waals surface area contributed by atoms with Crippen molar-refractivity contribution >= 4 is 11.9 Å². The summed E-state index contributed by atoms with van der Waals surface area (Å²) < 4.78 is 22.0. The molecule has 11 heteroatoms. The topological polar surface area (TPSA) is 155 Å². The molecule has 1 aromatic carbocycles. The van der Waals surface area contributed by atoms with Crippen LogP contribution in [0.1, 0.15) is 12.0 Å². The normalized spacial score (nSPS) is 34.6. The molecule has 0 spiro atoms. The molecule has 0 radical (unpaired) electrons. The SMILES string of the molecule is C=C[C@H]1[C@H](O[C@@H]2O[C@H](CO)[C@@H](O)[C@H](O)[C@H]2O)OC=C2C(=O)N([C@@H](Cc3ccccc3)C(=O)OC)CC[C@H]21. The Morgan fingerprint density at radius 2 is 1.92 bits per heavy atom. The van der Waals surface area contributed by atoms with Gasteiger partial charge in [-0.05, 0) is 12.0 Å². The van der Waals surface area contributed by atoms with Crippen LogP contribution in [0, 0.1) is 11.8 Å². The van der Waals surface area contributed by atoms with Crippen LogP contribution in [-0.2, 0) is 35.0 Å². The fourth-order valence-electron chi connectivity index (χ4n) is 5.12. The van der Waals surface area contributed by atoms with Crippen molar-refractivity contribution in [3.05, 3.63) is 60.4 Å². The molecule has 2 fully saturated rings. The Labute approximate surface area is 214 Å². The summed E-state index contributed by atoms with van der Waals surface area (Å²) >= 11 is 0. The number of likely N-dealkylation sites (tertiary alicyclic amines) is 1. The quantitative estimate of drug-likeness (QED) is 0.260. The van der Waals surface area contributed by atoms with E-state index in [1.165, 1.54) is 18.3 Å². The van der Waals surface area contributed by atoms with Crippen molar-refractivity contribution in [2.75, 3.05) is 20.3 Å². The van der Waals surface area contributed by atoms with Gasteiger partial charge in [0.15, 0.2) is 6.29 Å². The van der Waals surface area contributed by atoms with Gasteiger partial charge in [0.05, 0.1) is 25.6 Å². The summed E-state index contributed by atoms with van der Waals surface area (Å²) in [5.74, 6) is -1.75. The molecule has 1 aromatic rings. The minimum Gasteiger partial charge on any atom is -0.471 e. The molecule has 3 aliphatic rings. The molecule has 202 valence electrons. The molecule has 4 N–H and O–H groups in total. The van der Waals surface area contributed by atoms with Crippen molar-refractivity contribution in [2.45, 2.75) is 55.9 Å². The number of rotatable bonds is 8. The number of aliphatic hydroxyl groups excluding tert-OH is 4. The fraction of sp³-hybridized carbons (Fsp3) is 0.538. The second kappa shape index (κ2) is 11.7. The van der Waals surface area contributed by atoms with E-state index < -0.39 is 61.5 Å². The summed E-state index contributed by atoms with van der Waals surface area (Å²) in [5.41, 5.74) is 1.24. The van der Waals surface area contributed by atoms with Crippen molar-refractivity contribution < 1.29 is 49.0 Å². The Hall–Kier alpha value is -2.80. The van der Waals surface area contributed by atoms with Gasteiger partial charge in [-0.1, -0.05) is 36.4 Å². The van der Waals surface area contributed by atoms with Gasteiger partial charge >= 0.3 is 5.97 Å². The number of carbonyl (C=O) groups is 2. The van der Waals surface area contributed by atoms with Crippen LogP contribution < -0.4 is 0 Å². The molecular formula is C26H33NO10. The Morgan fingerprint density at radius 3 is 2.57 bits per heavy atom. The van der Waals surface area contributed by atoms with Crippen LogP contribution in [0.5, 0.6) is 0 Å². The monoisotopic (exact) mass is 519 g/mol. The minimum absolute atomic E-state index is 0.282. The Balaban J connectivity index is 1.51. The summed E-state index contributed by atoms with van der Waals surface area (Å²) in [5, 5.41) is 39.8. The van der Waals surface area contributed by atoms with E-state index in [0.717, 1.165) is 5.56 Å². The van der Waals surface area contributed by atoms with Gasteiger partial charge < -0.3 is 44.3 Å². The third-order valence-corrected chi connectivity index (χ3v) is 7.21. The molecule has 0 bridgehead atoms. The number of fused-ring (bicyclic) bond motifs is 1. The van der Waals surface area contributed by atoms with Crippen molar-refractivity contribution in [1.29, 1.82) is 0 Å². The average Bonchev–Trinajstić information content (AvgIpc) is 2.92. The van der Waals surface area contributed by atoms with Gasteiger partial charge in [-0.25, -0.2) is 4.79 Å². The Morgan fingerprint density at radius 1 is 1.19 bits per heavy atom. The first-order valence-corrected chi connectivity index (χ1v) is 12.2. The number of piperidine rings is 1. The standard InChI is InChI=1S/C26H33NO10/c1-3-15-16-9-10-27(18(24(33)34-2)11-14-7-5-4-6-8-14)23(32)17(16)13-35-25(15)37-26-22(31)21(30)20(29)19(12-28)36-26/h3-8,13,15-16,18-22,25-26,28-31H,1,9-12H2,2H3/t15-,16+,18+,19-,20-,21+,22-,25+,26+/m1/s1. The molecule has 0 aliphatic carbocycles. The van der Waals surface area contributed by atoms with Crippen LogP contribution in [0.15, 0.2) is 54.8 Å². The van der Waals surface area contributed by atoms with Crippen LogP contribution in [0.3, 0.4) is 0 Å². The molecular weight excluding hydrogens is 486 g/mol. The number of methoxy groups -OCH3 is 1. The number of esters is 1. The molecule has 37 heavy (non-hydrogen) atoms. The Bertz CT molecular complexity index is 998. The number of aliphatic hydroxyl groups is 4. The second-order valence-corrected chi connectivity index (χ2v) is 9.35. The fourth-order valence-corrected chi connectivity index (χ4v) is 5.12. The highest BCUT2D eigenvalue weighted by molar-refractivity contribution is 5.97. The largest absolute Gasteiger partial charge is 0.471 e. The van der Waals surface area contributed by atoms with Crippen molar-refractivity contribution in [2.24, 2.45) is 11.8 Å². The second-order valence-electron chi connectivity index (χ2n) is 9.35. The molecule has 2 saturated heterocycles. The van der Waals surface area contributed by atoms with E-state index in [2.05, 4.69) is 6.58 Å². The molecule has 0 aromatic heterocycles. The molecule has 4 rings (SSSR count). The number of amides is 1. The molecule has 11 nitrogen and oxygen atoms in total. The first kappa shape index (κ1) is 27.2. The molecule has 1 amide bonds. The highest BCUT2D eigenvalue weighted by atomic mass is 16.8. The van der Waals surface area contributed by atoms with Crippen molar-refractivity contribution in [1.82, 2.24) is 4.90 Å². The minimum atomic E-state index is -1.60. The molecule has 0 saturated carbocycles.